The molecule has 0 aliphatic heterocycles. The Labute approximate surface area is 112 Å². The average molecular weight is 335 g/mol. The van der Waals surface area contributed by atoms with Gasteiger partial charge in [0.05, 0.1) is 7.11 Å². The maximum atomic E-state index is 5.33. The van der Waals surface area contributed by atoms with E-state index >= 15 is 0 Å². The van der Waals surface area contributed by atoms with Crippen LogP contribution in [0.25, 0.3) is 0 Å². The van der Waals surface area contributed by atoms with Crippen LogP contribution in [0.1, 0.15) is 5.56 Å². The zero-order valence-corrected chi connectivity index (χ0v) is 11.6. The van der Waals surface area contributed by atoms with Gasteiger partial charge in [0.2, 0.25) is 0 Å². The lowest BCUT2D eigenvalue weighted by molar-refractivity contribution is -0.597. The molecule has 0 amide bonds. The Balaban J connectivity index is 2.11. The fourth-order valence-corrected chi connectivity index (χ4v) is 3.53. The molecule has 0 N–H and O–H groups in total. The molecule has 0 unspecified atom stereocenters. The van der Waals surface area contributed by atoms with Crippen LogP contribution in [0.5, 0.6) is 5.75 Å². The molecular formula is C15H12IO+. The van der Waals surface area contributed by atoms with Gasteiger partial charge in [0.15, 0.2) is 7.14 Å². The minimum Gasteiger partial charge on any atom is -0.497 e. The molecule has 0 spiro atoms. The molecule has 2 heteroatoms. The fourth-order valence-electron chi connectivity index (χ4n) is 1.37. The number of halogens is 1. The zero-order valence-electron chi connectivity index (χ0n) is 9.48. The minimum absolute atomic E-state index is 0.132. The van der Waals surface area contributed by atoms with Crippen molar-refractivity contribution in [3.05, 3.63) is 61.2 Å². The highest BCUT2D eigenvalue weighted by atomic mass is 127. The predicted molar refractivity (Wildman–Crippen MR) is 64.8 cm³/mol. The summed E-state index contributed by atoms with van der Waals surface area (Å²) in [6.45, 7) is 0. The van der Waals surface area contributed by atoms with Crippen LogP contribution in [0.4, 0.5) is 0 Å². The van der Waals surface area contributed by atoms with E-state index in [-0.39, 0.29) is 21.2 Å². The summed E-state index contributed by atoms with van der Waals surface area (Å²) < 4.78 is 7.88. The summed E-state index contributed by atoms with van der Waals surface area (Å²) in [4.78, 5) is 0. The standard InChI is InChI=1S/C15H12IO/c1-3-12-4-6-13(7-5-12)16-14-8-10-15(17-2)11-9-14/h1,4-11H,2H3/q+1. The van der Waals surface area contributed by atoms with Crippen LogP contribution in [0.15, 0.2) is 48.5 Å². The Hall–Kier alpha value is -1.47. The fraction of sp³-hybridized carbons (Fsp3) is 0.0667. The second-order valence-electron chi connectivity index (χ2n) is 3.40. The van der Waals surface area contributed by atoms with Crippen molar-refractivity contribution in [1.82, 2.24) is 0 Å². The summed E-state index contributed by atoms with van der Waals surface area (Å²) in [6.07, 6.45) is 5.33. The van der Waals surface area contributed by atoms with Crippen molar-refractivity contribution in [2.75, 3.05) is 7.11 Å². The van der Waals surface area contributed by atoms with E-state index in [2.05, 4.69) is 30.2 Å². The van der Waals surface area contributed by atoms with E-state index in [1.807, 2.05) is 24.3 Å². The molecule has 2 rings (SSSR count). The van der Waals surface area contributed by atoms with Crippen molar-refractivity contribution in [3.63, 3.8) is 0 Å². The van der Waals surface area contributed by atoms with Crippen LogP contribution in [0, 0.1) is 19.5 Å². The molecule has 0 aromatic heterocycles. The first-order valence-electron chi connectivity index (χ1n) is 5.17. The van der Waals surface area contributed by atoms with Crippen molar-refractivity contribution < 1.29 is 25.9 Å². The SMILES string of the molecule is C#Cc1ccc([I+]c2ccc(OC)cc2)cc1. The van der Waals surface area contributed by atoms with Gasteiger partial charge in [-0.2, -0.15) is 0 Å². The van der Waals surface area contributed by atoms with Gasteiger partial charge in [-0.1, -0.05) is 5.92 Å². The van der Waals surface area contributed by atoms with Crippen LogP contribution in [0.3, 0.4) is 0 Å². The predicted octanol–water partition coefficient (Wildman–Crippen LogP) is -0.195. The summed E-state index contributed by atoms with van der Waals surface area (Å²) in [5, 5.41) is 0. The Kier molecular flexibility index (Phi) is 4.05. The van der Waals surface area contributed by atoms with Gasteiger partial charge in [-0.15, -0.1) is 6.42 Å². The Bertz CT molecular complexity index is 520. The highest BCUT2D eigenvalue weighted by Crippen LogP contribution is 2.06. The quantitative estimate of drug-likeness (QED) is 0.558. The van der Waals surface area contributed by atoms with Gasteiger partial charge >= 0.3 is 21.2 Å². The zero-order chi connectivity index (χ0) is 12.1. The second kappa shape index (κ2) is 5.74. The van der Waals surface area contributed by atoms with E-state index in [1.165, 1.54) is 7.14 Å². The molecule has 0 saturated heterocycles. The van der Waals surface area contributed by atoms with Gasteiger partial charge in [0.1, 0.15) is 5.75 Å². The normalized spacial score (nSPS) is 9.65. The Morgan fingerprint density at radius 2 is 1.47 bits per heavy atom. The van der Waals surface area contributed by atoms with Gasteiger partial charge in [-0.05, 0) is 48.5 Å². The summed E-state index contributed by atoms with van der Waals surface area (Å²) in [5.74, 6) is 3.53. The summed E-state index contributed by atoms with van der Waals surface area (Å²) >= 11 is -0.132. The molecule has 84 valence electrons. The first-order valence-corrected chi connectivity index (χ1v) is 7.33. The topological polar surface area (TPSA) is 9.23 Å². The molecule has 0 atom stereocenters. The van der Waals surface area contributed by atoms with Gasteiger partial charge in [0, 0.05) is 5.56 Å². The van der Waals surface area contributed by atoms with Gasteiger partial charge in [0.25, 0.3) is 0 Å². The largest absolute Gasteiger partial charge is 0.497 e. The second-order valence-corrected chi connectivity index (χ2v) is 6.43. The van der Waals surface area contributed by atoms with Gasteiger partial charge in [-0.3, -0.25) is 0 Å². The van der Waals surface area contributed by atoms with Crippen LogP contribution >= 0.6 is 0 Å². The Morgan fingerprint density at radius 1 is 0.941 bits per heavy atom. The molecular weight excluding hydrogens is 323 g/mol. The summed E-state index contributed by atoms with van der Waals surface area (Å²) in [5.41, 5.74) is 0.937. The first kappa shape index (κ1) is 12.0. The maximum absolute atomic E-state index is 5.33. The van der Waals surface area contributed by atoms with Crippen LogP contribution in [0.2, 0.25) is 0 Å². The van der Waals surface area contributed by atoms with Crippen LogP contribution in [-0.2, 0) is 0 Å². The average Bonchev–Trinajstić information content (AvgIpc) is 2.40. The lowest BCUT2D eigenvalue weighted by Crippen LogP contribution is -3.61. The molecule has 0 fully saturated rings. The van der Waals surface area contributed by atoms with Gasteiger partial charge < -0.3 is 4.74 Å². The van der Waals surface area contributed by atoms with E-state index in [4.69, 9.17) is 11.2 Å². The molecule has 17 heavy (non-hydrogen) atoms. The van der Waals surface area contributed by atoms with E-state index in [0.717, 1.165) is 11.3 Å². The van der Waals surface area contributed by atoms with Crippen molar-refractivity contribution >= 4 is 0 Å². The first-order chi connectivity index (χ1) is 8.31. The number of hydrogen-bond acceptors (Lipinski definition) is 1. The van der Waals surface area contributed by atoms with Crippen molar-refractivity contribution in [3.8, 4) is 18.1 Å². The monoisotopic (exact) mass is 335 g/mol. The van der Waals surface area contributed by atoms with Crippen molar-refractivity contribution in [2.45, 2.75) is 0 Å². The third kappa shape index (κ3) is 3.24. The minimum atomic E-state index is -0.132. The van der Waals surface area contributed by atoms with E-state index < -0.39 is 0 Å². The molecule has 0 radical (unpaired) electrons. The van der Waals surface area contributed by atoms with Crippen molar-refractivity contribution in [2.24, 2.45) is 0 Å². The van der Waals surface area contributed by atoms with Crippen molar-refractivity contribution in [1.29, 1.82) is 0 Å². The smallest absolute Gasteiger partial charge is 0.357 e. The molecule has 2 aromatic carbocycles. The number of hydrogen-bond donors (Lipinski definition) is 0. The van der Waals surface area contributed by atoms with E-state index in [0.29, 0.717) is 0 Å². The number of terminal acetylenes is 1. The Morgan fingerprint density at radius 3 is 1.94 bits per heavy atom. The van der Waals surface area contributed by atoms with E-state index in [9.17, 15) is 0 Å². The lowest BCUT2D eigenvalue weighted by atomic mass is 10.2. The van der Waals surface area contributed by atoms with Gasteiger partial charge in [-0.25, -0.2) is 0 Å². The third-order valence-corrected chi connectivity index (χ3v) is 4.96. The molecule has 0 aliphatic carbocycles. The molecule has 0 heterocycles. The summed E-state index contributed by atoms with van der Waals surface area (Å²) in [6, 6.07) is 16.5. The highest BCUT2D eigenvalue weighted by molar-refractivity contribution is 5.30. The highest BCUT2D eigenvalue weighted by Gasteiger charge is 2.14. The van der Waals surface area contributed by atoms with Crippen LogP contribution < -0.4 is 25.9 Å². The maximum Gasteiger partial charge on any atom is 0.357 e. The number of benzene rings is 2. The molecule has 2 aromatic rings. The lowest BCUT2D eigenvalue weighted by Gasteiger charge is -1.95. The molecule has 0 aliphatic rings. The molecule has 1 nitrogen and oxygen atoms in total. The number of methoxy groups -OCH3 is 1. The summed E-state index contributed by atoms with van der Waals surface area (Å²) in [7, 11) is 1.68. The third-order valence-electron chi connectivity index (χ3n) is 2.28. The molecule has 0 bridgehead atoms. The number of ether oxygens (including phenoxy) is 1. The number of rotatable bonds is 3. The van der Waals surface area contributed by atoms with E-state index in [1.54, 1.807) is 7.11 Å². The van der Waals surface area contributed by atoms with Crippen LogP contribution in [-0.4, -0.2) is 7.11 Å². The molecule has 0 saturated carbocycles.